The van der Waals surface area contributed by atoms with Gasteiger partial charge in [-0.3, -0.25) is 33.9 Å². The number of carbonyl (C=O) groups excluding carboxylic acids is 5. The average molecular weight is 523 g/mol. The van der Waals surface area contributed by atoms with E-state index in [0.717, 1.165) is 30.1 Å². The summed E-state index contributed by atoms with van der Waals surface area (Å²) in [5.74, 6) is -4.50. The zero-order valence-electron chi connectivity index (χ0n) is 18.2. The van der Waals surface area contributed by atoms with E-state index in [9.17, 15) is 24.0 Å². The smallest absolute Gasteiger partial charge is 0.332 e. The molecule has 2 aliphatic rings. The minimum absolute atomic E-state index is 0.201. The van der Waals surface area contributed by atoms with Gasteiger partial charge in [0, 0.05) is 48.1 Å². The molecular formula is C24H19BrN4O5. The highest BCUT2D eigenvalue weighted by Gasteiger charge is 2.49. The number of fused-ring (bicyclic) bond motifs is 2. The average Bonchev–Trinajstić information content (AvgIpc) is 3.35. The molecule has 0 saturated carbocycles. The minimum Gasteiger partial charge on any atom is -0.361 e. The number of nitrogens with zero attached hydrogens (tertiary/aromatic N) is 3. The van der Waals surface area contributed by atoms with Gasteiger partial charge in [-0.2, -0.15) is 0 Å². The van der Waals surface area contributed by atoms with Crippen LogP contribution in [0.2, 0.25) is 0 Å². The highest BCUT2D eigenvalue weighted by atomic mass is 79.9. The quantitative estimate of drug-likeness (QED) is 0.418. The Balaban J connectivity index is 1.63. The zero-order valence-corrected chi connectivity index (χ0v) is 19.8. The van der Waals surface area contributed by atoms with E-state index in [1.807, 2.05) is 18.2 Å². The van der Waals surface area contributed by atoms with Crippen LogP contribution in [0, 0.1) is 5.92 Å². The number of imide groups is 3. The molecule has 172 valence electrons. The molecule has 34 heavy (non-hydrogen) atoms. The van der Waals surface area contributed by atoms with Crippen LogP contribution in [0.25, 0.3) is 10.9 Å². The van der Waals surface area contributed by atoms with Gasteiger partial charge in [0.25, 0.3) is 11.8 Å². The Labute approximate surface area is 202 Å². The normalized spacial score (nSPS) is 17.9. The molecule has 0 radical (unpaired) electrons. The second kappa shape index (κ2) is 7.91. The van der Waals surface area contributed by atoms with E-state index < -0.39 is 41.5 Å². The number of benzene rings is 2. The summed E-state index contributed by atoms with van der Waals surface area (Å²) in [4.78, 5) is 71.0. The maximum atomic E-state index is 13.2. The molecule has 1 unspecified atom stereocenters. The predicted octanol–water partition coefficient (Wildman–Crippen LogP) is 2.98. The molecule has 3 aromatic rings. The van der Waals surface area contributed by atoms with Crippen LogP contribution in [0.5, 0.6) is 0 Å². The van der Waals surface area contributed by atoms with Gasteiger partial charge in [-0.05, 0) is 29.8 Å². The van der Waals surface area contributed by atoms with Gasteiger partial charge in [0.15, 0.2) is 0 Å². The third-order valence-electron chi connectivity index (χ3n) is 6.50. The Bertz CT molecular complexity index is 1350. The summed E-state index contributed by atoms with van der Waals surface area (Å²) < 4.78 is 0.834. The third-order valence-corrected chi connectivity index (χ3v) is 7.00. The van der Waals surface area contributed by atoms with Crippen molar-refractivity contribution < 1.29 is 24.0 Å². The monoisotopic (exact) mass is 522 g/mol. The van der Waals surface area contributed by atoms with Crippen molar-refractivity contribution >= 4 is 56.5 Å². The fourth-order valence-corrected chi connectivity index (χ4v) is 5.05. The number of nitrogens with one attached hydrogen (secondary N) is 1. The van der Waals surface area contributed by atoms with E-state index in [1.54, 1.807) is 30.5 Å². The summed E-state index contributed by atoms with van der Waals surface area (Å²) >= 11 is 3.42. The van der Waals surface area contributed by atoms with Gasteiger partial charge >= 0.3 is 6.03 Å². The van der Waals surface area contributed by atoms with Crippen molar-refractivity contribution in [2.75, 3.05) is 20.6 Å². The molecule has 1 saturated heterocycles. The number of rotatable bonds is 4. The maximum absolute atomic E-state index is 13.2. The number of urea groups is 1. The van der Waals surface area contributed by atoms with Crippen molar-refractivity contribution in [3.05, 3.63) is 69.8 Å². The lowest BCUT2D eigenvalue weighted by atomic mass is 9.82. The molecule has 5 rings (SSSR count). The van der Waals surface area contributed by atoms with E-state index in [4.69, 9.17) is 0 Å². The lowest BCUT2D eigenvalue weighted by molar-refractivity contribution is -0.148. The Morgan fingerprint density at radius 1 is 0.912 bits per heavy atom. The standard InChI is InChI=1S/C24H19BrN4O5/c1-27-22(32)19(23(33)28(2)24(27)34)17(16-10-26-18-9-12(25)7-8-13(16)18)11-29-20(30)14-5-3-4-6-15(14)21(29)31/h3-10,17,19,26H,11H2,1-2H3. The first-order valence-corrected chi connectivity index (χ1v) is 11.3. The van der Waals surface area contributed by atoms with E-state index >= 15 is 0 Å². The van der Waals surface area contributed by atoms with Crippen LogP contribution >= 0.6 is 15.9 Å². The van der Waals surface area contributed by atoms with Crippen LogP contribution in [0.3, 0.4) is 0 Å². The fourth-order valence-electron chi connectivity index (χ4n) is 4.69. The number of hydrogen-bond donors (Lipinski definition) is 1. The SMILES string of the molecule is CN1C(=O)C(C(CN2C(=O)c3ccccc3C2=O)c2c[nH]c3cc(Br)ccc23)C(=O)N(C)C1=O. The molecular weight excluding hydrogens is 504 g/mol. The van der Waals surface area contributed by atoms with Crippen molar-refractivity contribution in [3.63, 3.8) is 0 Å². The van der Waals surface area contributed by atoms with Crippen molar-refractivity contribution in [1.82, 2.24) is 19.7 Å². The van der Waals surface area contributed by atoms with Gasteiger partial charge in [-0.15, -0.1) is 0 Å². The highest BCUT2D eigenvalue weighted by molar-refractivity contribution is 9.10. The molecule has 2 aromatic carbocycles. The Morgan fingerprint density at radius 3 is 2.09 bits per heavy atom. The summed E-state index contributed by atoms with van der Waals surface area (Å²) in [7, 11) is 2.62. The molecule has 1 aromatic heterocycles. The molecule has 0 bridgehead atoms. The van der Waals surface area contributed by atoms with Crippen molar-refractivity contribution in [2.24, 2.45) is 5.92 Å². The first kappa shape index (κ1) is 22.0. The topological polar surface area (TPSA) is 111 Å². The van der Waals surface area contributed by atoms with E-state index in [1.165, 1.54) is 14.1 Å². The molecule has 10 heteroatoms. The summed E-state index contributed by atoms with van der Waals surface area (Å²) in [6, 6.07) is 11.3. The highest BCUT2D eigenvalue weighted by Crippen LogP contribution is 2.38. The number of halogens is 1. The van der Waals surface area contributed by atoms with E-state index in [-0.39, 0.29) is 17.7 Å². The number of carbonyl (C=O) groups is 5. The number of aromatic amines is 1. The summed E-state index contributed by atoms with van der Waals surface area (Å²) in [5.41, 5.74) is 1.91. The summed E-state index contributed by atoms with van der Waals surface area (Å²) in [5, 5.41) is 0.743. The summed E-state index contributed by atoms with van der Waals surface area (Å²) in [6.07, 6.45) is 1.68. The Morgan fingerprint density at radius 2 is 1.50 bits per heavy atom. The van der Waals surface area contributed by atoms with Crippen molar-refractivity contribution in [2.45, 2.75) is 5.92 Å². The second-order valence-corrected chi connectivity index (χ2v) is 9.28. The molecule has 2 aliphatic heterocycles. The molecule has 6 amide bonds. The first-order valence-electron chi connectivity index (χ1n) is 10.5. The number of hydrogen-bond acceptors (Lipinski definition) is 5. The largest absolute Gasteiger partial charge is 0.361 e. The van der Waals surface area contributed by atoms with Crippen LogP contribution in [0.1, 0.15) is 32.2 Å². The molecule has 1 N–H and O–H groups in total. The zero-order chi connectivity index (χ0) is 24.3. The Kier molecular flexibility index (Phi) is 5.12. The molecule has 0 aliphatic carbocycles. The fraction of sp³-hybridized carbons (Fsp3) is 0.208. The van der Waals surface area contributed by atoms with E-state index in [0.29, 0.717) is 5.56 Å². The first-order chi connectivity index (χ1) is 16.2. The van der Waals surface area contributed by atoms with Crippen LogP contribution in [0.15, 0.2) is 53.1 Å². The van der Waals surface area contributed by atoms with Gasteiger partial charge in [-0.1, -0.05) is 34.1 Å². The van der Waals surface area contributed by atoms with Crippen LogP contribution in [0.4, 0.5) is 4.79 Å². The third kappa shape index (κ3) is 3.17. The van der Waals surface area contributed by atoms with Crippen molar-refractivity contribution in [3.8, 4) is 0 Å². The number of amides is 6. The molecule has 9 nitrogen and oxygen atoms in total. The van der Waals surface area contributed by atoms with Crippen LogP contribution < -0.4 is 0 Å². The minimum atomic E-state index is -1.29. The predicted molar refractivity (Wildman–Crippen MR) is 125 cm³/mol. The Hall–Kier alpha value is -3.79. The number of H-pyrrole nitrogens is 1. The van der Waals surface area contributed by atoms with Gasteiger partial charge in [-0.25, -0.2) is 4.79 Å². The van der Waals surface area contributed by atoms with Gasteiger partial charge in [0.1, 0.15) is 5.92 Å². The molecule has 3 heterocycles. The lowest BCUT2D eigenvalue weighted by Gasteiger charge is -2.37. The van der Waals surface area contributed by atoms with Gasteiger partial charge < -0.3 is 4.98 Å². The second-order valence-electron chi connectivity index (χ2n) is 8.36. The van der Waals surface area contributed by atoms with Crippen LogP contribution in [-0.2, 0) is 9.59 Å². The number of aromatic nitrogens is 1. The molecule has 0 spiro atoms. The van der Waals surface area contributed by atoms with Crippen LogP contribution in [-0.4, -0.2) is 70.0 Å². The molecule has 1 fully saturated rings. The lowest BCUT2D eigenvalue weighted by Crippen LogP contribution is -2.59. The summed E-state index contributed by atoms with van der Waals surface area (Å²) in [6.45, 7) is -0.201. The van der Waals surface area contributed by atoms with Gasteiger partial charge in [0.2, 0.25) is 11.8 Å². The van der Waals surface area contributed by atoms with Crippen molar-refractivity contribution in [1.29, 1.82) is 0 Å². The van der Waals surface area contributed by atoms with Gasteiger partial charge in [0.05, 0.1) is 11.1 Å². The number of barbiturate groups is 1. The van der Waals surface area contributed by atoms with E-state index in [2.05, 4.69) is 20.9 Å². The molecule has 1 atom stereocenters. The maximum Gasteiger partial charge on any atom is 0.332 e.